The standard InChI is InChI=1S/C25H30F2N4O5/c1-13-7-8-16(22(27)21(13)26)17-11-31(30-28-17)23-24(33)20(12-32)35-19(25(23)34-2)10-15-9-18(36-29-15)14-5-3-4-6-14/h7-9,11,14,19-20,23-25,32-33H,3-6,10,12H2,1-2H3/t19-,20-,23+,24+,25+/m1/s1. The smallest absolute Gasteiger partial charge is 0.168 e. The first kappa shape index (κ1) is 24.9. The van der Waals surface area contributed by atoms with Gasteiger partial charge in [-0.05, 0) is 31.4 Å². The Morgan fingerprint density at radius 2 is 1.94 bits per heavy atom. The minimum absolute atomic E-state index is 0.0443. The molecule has 5 rings (SSSR count). The number of rotatable bonds is 7. The van der Waals surface area contributed by atoms with E-state index in [0.717, 1.165) is 18.6 Å². The highest BCUT2D eigenvalue weighted by atomic mass is 19.2. The second kappa shape index (κ2) is 10.3. The molecule has 3 heterocycles. The fourth-order valence-corrected chi connectivity index (χ4v) is 5.35. The number of hydrogen-bond acceptors (Lipinski definition) is 8. The Labute approximate surface area is 207 Å². The SMILES string of the molecule is CO[C@@H]1[C@@H](n2cc(-c3ccc(C)c(F)c3F)nn2)[C@@H](O)[C@@H](CO)O[C@@H]1Cc1cc(C2CCCC2)on1. The molecule has 3 aromatic rings. The quantitative estimate of drug-likeness (QED) is 0.504. The molecule has 0 radical (unpaired) electrons. The van der Waals surface area contributed by atoms with E-state index < -0.39 is 48.7 Å². The molecule has 0 spiro atoms. The zero-order valence-electron chi connectivity index (χ0n) is 20.2. The first-order valence-electron chi connectivity index (χ1n) is 12.2. The molecule has 5 atom stereocenters. The van der Waals surface area contributed by atoms with Crippen molar-refractivity contribution in [2.45, 2.75) is 75.4 Å². The predicted molar refractivity (Wildman–Crippen MR) is 123 cm³/mol. The van der Waals surface area contributed by atoms with Crippen molar-refractivity contribution in [3.63, 3.8) is 0 Å². The third kappa shape index (κ3) is 4.56. The van der Waals surface area contributed by atoms with Crippen molar-refractivity contribution in [3.05, 3.63) is 53.0 Å². The van der Waals surface area contributed by atoms with Crippen molar-refractivity contribution < 1.29 is 33.0 Å². The van der Waals surface area contributed by atoms with Gasteiger partial charge in [-0.1, -0.05) is 29.3 Å². The summed E-state index contributed by atoms with van der Waals surface area (Å²) in [7, 11) is 1.49. The molecule has 1 saturated heterocycles. The largest absolute Gasteiger partial charge is 0.394 e. The fourth-order valence-electron chi connectivity index (χ4n) is 5.35. The highest BCUT2D eigenvalue weighted by Crippen LogP contribution is 2.37. The number of aliphatic hydroxyl groups is 2. The van der Waals surface area contributed by atoms with Gasteiger partial charge in [0, 0.05) is 31.1 Å². The van der Waals surface area contributed by atoms with Crippen molar-refractivity contribution in [1.29, 1.82) is 0 Å². The molecule has 2 N–H and O–H groups in total. The topological polar surface area (TPSA) is 116 Å². The molecule has 2 aliphatic rings. The summed E-state index contributed by atoms with van der Waals surface area (Å²) in [6.45, 7) is 1.04. The van der Waals surface area contributed by atoms with Crippen LogP contribution in [0.25, 0.3) is 11.3 Å². The van der Waals surface area contributed by atoms with Gasteiger partial charge in [0.2, 0.25) is 0 Å². The number of aromatic nitrogens is 4. The van der Waals surface area contributed by atoms with Crippen LogP contribution in [0.2, 0.25) is 0 Å². The van der Waals surface area contributed by atoms with Crippen LogP contribution in [0, 0.1) is 18.6 Å². The van der Waals surface area contributed by atoms with E-state index in [0.29, 0.717) is 18.0 Å². The number of aryl methyl sites for hydroxylation is 1. The van der Waals surface area contributed by atoms with Crippen molar-refractivity contribution in [3.8, 4) is 11.3 Å². The van der Waals surface area contributed by atoms with Gasteiger partial charge in [0.05, 0.1) is 24.6 Å². The molecule has 0 amide bonds. The average molecular weight is 505 g/mol. The van der Waals surface area contributed by atoms with Gasteiger partial charge < -0.3 is 24.2 Å². The molecular formula is C25H30F2N4O5. The Morgan fingerprint density at radius 1 is 1.17 bits per heavy atom. The third-order valence-electron chi connectivity index (χ3n) is 7.35. The molecule has 0 bridgehead atoms. The maximum absolute atomic E-state index is 14.6. The molecule has 1 aliphatic carbocycles. The van der Waals surface area contributed by atoms with Gasteiger partial charge in [0.1, 0.15) is 35.8 Å². The highest BCUT2D eigenvalue weighted by molar-refractivity contribution is 5.59. The number of ether oxygens (including phenoxy) is 2. The zero-order chi connectivity index (χ0) is 25.4. The van der Waals surface area contributed by atoms with E-state index in [1.165, 1.54) is 49.9 Å². The second-order valence-electron chi connectivity index (χ2n) is 9.62. The van der Waals surface area contributed by atoms with Crippen LogP contribution in [0.15, 0.2) is 28.9 Å². The Hall–Kier alpha value is -2.73. The summed E-state index contributed by atoms with van der Waals surface area (Å²) >= 11 is 0. The minimum Gasteiger partial charge on any atom is -0.394 e. The number of benzene rings is 1. The van der Waals surface area contributed by atoms with E-state index >= 15 is 0 Å². The summed E-state index contributed by atoms with van der Waals surface area (Å²) in [4.78, 5) is 0. The summed E-state index contributed by atoms with van der Waals surface area (Å²) in [5.74, 6) is -0.742. The lowest BCUT2D eigenvalue weighted by atomic mass is 9.90. The van der Waals surface area contributed by atoms with E-state index in [4.69, 9.17) is 14.0 Å². The molecule has 2 aromatic heterocycles. The molecule has 194 valence electrons. The number of halogens is 2. The van der Waals surface area contributed by atoms with Crippen LogP contribution < -0.4 is 0 Å². The summed E-state index contributed by atoms with van der Waals surface area (Å²) < 4.78 is 47.4. The number of methoxy groups -OCH3 is 1. The number of hydrogen-bond donors (Lipinski definition) is 2. The maximum Gasteiger partial charge on any atom is 0.168 e. The van der Waals surface area contributed by atoms with Crippen LogP contribution in [0.3, 0.4) is 0 Å². The van der Waals surface area contributed by atoms with E-state index in [1.807, 2.05) is 6.07 Å². The zero-order valence-corrected chi connectivity index (χ0v) is 20.2. The molecule has 36 heavy (non-hydrogen) atoms. The molecule has 9 nitrogen and oxygen atoms in total. The molecular weight excluding hydrogens is 474 g/mol. The highest BCUT2D eigenvalue weighted by Gasteiger charge is 2.47. The minimum atomic E-state index is -1.20. The van der Waals surface area contributed by atoms with Gasteiger partial charge in [-0.2, -0.15) is 0 Å². The van der Waals surface area contributed by atoms with Crippen molar-refractivity contribution >= 4 is 0 Å². The molecule has 1 aromatic carbocycles. The third-order valence-corrected chi connectivity index (χ3v) is 7.35. The average Bonchev–Trinajstić information content (AvgIpc) is 3.65. The van der Waals surface area contributed by atoms with E-state index in [9.17, 15) is 19.0 Å². The van der Waals surface area contributed by atoms with Gasteiger partial charge in [0.25, 0.3) is 0 Å². The number of nitrogens with zero attached hydrogens (tertiary/aromatic N) is 4. The van der Waals surface area contributed by atoms with E-state index in [-0.39, 0.29) is 16.8 Å². The van der Waals surface area contributed by atoms with Gasteiger partial charge in [-0.3, -0.25) is 0 Å². The second-order valence-corrected chi connectivity index (χ2v) is 9.62. The summed E-state index contributed by atoms with van der Waals surface area (Å²) in [6, 6.07) is 4.01. The van der Waals surface area contributed by atoms with Crippen molar-refractivity contribution in [2.75, 3.05) is 13.7 Å². The van der Waals surface area contributed by atoms with Crippen LogP contribution in [0.5, 0.6) is 0 Å². The first-order chi connectivity index (χ1) is 17.4. The van der Waals surface area contributed by atoms with Crippen LogP contribution >= 0.6 is 0 Å². The molecule has 11 heteroatoms. The van der Waals surface area contributed by atoms with Gasteiger partial charge in [-0.15, -0.1) is 5.10 Å². The predicted octanol–water partition coefficient (Wildman–Crippen LogP) is 3.10. The Kier molecular flexibility index (Phi) is 7.16. The van der Waals surface area contributed by atoms with E-state index in [1.54, 1.807) is 0 Å². The number of aliphatic hydroxyl groups excluding tert-OH is 2. The lowest BCUT2D eigenvalue weighted by Crippen LogP contribution is -2.57. The Bertz CT molecular complexity index is 1200. The summed E-state index contributed by atoms with van der Waals surface area (Å²) in [5.41, 5.74) is 0.930. The van der Waals surface area contributed by atoms with Crippen LogP contribution in [0.4, 0.5) is 8.78 Å². The summed E-state index contributed by atoms with van der Waals surface area (Å²) in [5, 5.41) is 33.2. The Morgan fingerprint density at radius 3 is 2.67 bits per heavy atom. The molecule has 0 unspecified atom stereocenters. The van der Waals surface area contributed by atoms with Crippen LogP contribution in [0.1, 0.15) is 54.7 Å². The van der Waals surface area contributed by atoms with Crippen molar-refractivity contribution in [1.82, 2.24) is 20.2 Å². The fraction of sp³-hybridized carbons (Fsp3) is 0.560. The van der Waals surface area contributed by atoms with Gasteiger partial charge >= 0.3 is 0 Å². The van der Waals surface area contributed by atoms with Crippen molar-refractivity contribution in [2.24, 2.45) is 0 Å². The van der Waals surface area contributed by atoms with E-state index in [2.05, 4.69) is 15.5 Å². The molecule has 2 fully saturated rings. The van der Waals surface area contributed by atoms with Crippen LogP contribution in [-0.2, 0) is 15.9 Å². The van der Waals surface area contributed by atoms with Crippen LogP contribution in [-0.4, -0.2) is 68.5 Å². The Balaban J connectivity index is 1.42. The molecule has 1 aliphatic heterocycles. The maximum atomic E-state index is 14.6. The lowest BCUT2D eigenvalue weighted by Gasteiger charge is -2.43. The van der Waals surface area contributed by atoms with Gasteiger partial charge in [0.15, 0.2) is 11.6 Å². The van der Waals surface area contributed by atoms with Gasteiger partial charge in [-0.25, -0.2) is 13.5 Å². The summed E-state index contributed by atoms with van der Waals surface area (Å²) in [6.07, 6.45) is 2.85. The normalized spacial score (nSPS) is 27.1. The molecule has 1 saturated carbocycles. The monoisotopic (exact) mass is 504 g/mol. The first-order valence-corrected chi connectivity index (χ1v) is 12.2. The lowest BCUT2D eigenvalue weighted by molar-refractivity contribution is -0.212.